The smallest absolute Gasteiger partial charge is 0.335 e. The van der Waals surface area contributed by atoms with E-state index in [1.54, 1.807) is 12.1 Å². The van der Waals surface area contributed by atoms with Crippen LogP contribution in [0.4, 0.5) is 0 Å². The van der Waals surface area contributed by atoms with Crippen molar-refractivity contribution in [1.29, 1.82) is 0 Å². The topological polar surface area (TPSA) is 78.6 Å². The van der Waals surface area contributed by atoms with E-state index in [0.717, 1.165) is 38.0 Å². The Morgan fingerprint density at radius 2 is 2.17 bits per heavy atom. The van der Waals surface area contributed by atoms with E-state index < -0.39 is 5.97 Å². The summed E-state index contributed by atoms with van der Waals surface area (Å²) < 4.78 is 0. The van der Waals surface area contributed by atoms with Gasteiger partial charge in [-0.15, -0.1) is 0 Å². The summed E-state index contributed by atoms with van der Waals surface area (Å²) in [5.74, 6) is 4.59. The maximum absolute atomic E-state index is 10.8. The first-order valence-corrected chi connectivity index (χ1v) is 6.20. The lowest BCUT2D eigenvalue weighted by Crippen LogP contribution is -2.47. The molecule has 0 radical (unpaired) electrons. The molecule has 1 heterocycles. The molecule has 1 aliphatic rings. The number of benzene rings is 1. The average Bonchev–Trinajstić information content (AvgIpc) is 2.39. The molecule has 98 valence electrons. The molecule has 0 bridgehead atoms. The molecule has 1 aromatic carbocycles. The van der Waals surface area contributed by atoms with Gasteiger partial charge in [-0.05, 0) is 37.1 Å². The van der Waals surface area contributed by atoms with Gasteiger partial charge < -0.3 is 5.11 Å². The van der Waals surface area contributed by atoms with Crippen molar-refractivity contribution < 1.29 is 9.90 Å². The van der Waals surface area contributed by atoms with Gasteiger partial charge >= 0.3 is 5.97 Å². The molecule has 1 aromatic rings. The molecular weight excluding hydrogens is 230 g/mol. The minimum absolute atomic E-state index is 0.332. The first-order valence-electron chi connectivity index (χ1n) is 6.20. The zero-order chi connectivity index (χ0) is 13.0. The number of nitrogens with zero attached hydrogens (tertiary/aromatic N) is 1. The van der Waals surface area contributed by atoms with Crippen LogP contribution >= 0.6 is 0 Å². The number of hydrogen-bond acceptors (Lipinski definition) is 4. The van der Waals surface area contributed by atoms with Crippen molar-refractivity contribution in [3.63, 3.8) is 0 Å². The molecule has 0 aliphatic carbocycles. The van der Waals surface area contributed by atoms with Crippen LogP contribution in [-0.2, 0) is 6.54 Å². The Kier molecular flexibility index (Phi) is 4.30. The van der Waals surface area contributed by atoms with Gasteiger partial charge in [0.1, 0.15) is 0 Å². The fourth-order valence-electron chi connectivity index (χ4n) is 2.35. The highest BCUT2D eigenvalue weighted by molar-refractivity contribution is 5.87. The van der Waals surface area contributed by atoms with Crippen LogP contribution in [0.3, 0.4) is 0 Å². The van der Waals surface area contributed by atoms with Crippen LogP contribution in [0.5, 0.6) is 0 Å². The molecule has 1 saturated heterocycles. The second-order valence-electron chi connectivity index (χ2n) is 4.74. The number of piperidine rings is 1. The Balaban J connectivity index is 1.94. The number of carbonyl (C=O) groups is 1. The number of rotatable bonds is 4. The third-order valence-corrected chi connectivity index (χ3v) is 3.35. The number of nitrogens with one attached hydrogen (secondary N) is 1. The van der Waals surface area contributed by atoms with Gasteiger partial charge in [0.2, 0.25) is 0 Å². The fraction of sp³-hybridized carbons (Fsp3) is 0.462. The summed E-state index contributed by atoms with van der Waals surface area (Å²) in [6, 6.07) is 7.42. The zero-order valence-electron chi connectivity index (χ0n) is 10.3. The number of likely N-dealkylation sites (tertiary alicyclic amines) is 1. The van der Waals surface area contributed by atoms with Crippen LogP contribution in [-0.4, -0.2) is 35.1 Å². The molecule has 2 rings (SSSR count). The monoisotopic (exact) mass is 249 g/mol. The van der Waals surface area contributed by atoms with Crippen molar-refractivity contribution in [2.24, 2.45) is 5.84 Å². The molecule has 0 spiro atoms. The molecule has 0 aromatic heterocycles. The van der Waals surface area contributed by atoms with E-state index >= 15 is 0 Å². The molecule has 0 amide bonds. The van der Waals surface area contributed by atoms with Crippen molar-refractivity contribution in [2.45, 2.75) is 25.4 Å². The maximum atomic E-state index is 10.8. The van der Waals surface area contributed by atoms with E-state index in [4.69, 9.17) is 10.9 Å². The molecule has 18 heavy (non-hydrogen) atoms. The summed E-state index contributed by atoms with van der Waals surface area (Å²) >= 11 is 0. The molecule has 1 aliphatic heterocycles. The third-order valence-electron chi connectivity index (χ3n) is 3.35. The molecule has 1 unspecified atom stereocenters. The van der Waals surface area contributed by atoms with E-state index in [1.165, 1.54) is 0 Å². The molecule has 1 fully saturated rings. The van der Waals surface area contributed by atoms with Crippen LogP contribution in [0.1, 0.15) is 28.8 Å². The van der Waals surface area contributed by atoms with Gasteiger partial charge in [-0.3, -0.25) is 16.2 Å². The van der Waals surface area contributed by atoms with Gasteiger partial charge in [-0.2, -0.15) is 0 Å². The number of hydrazine groups is 1. The molecule has 1 atom stereocenters. The first-order chi connectivity index (χ1) is 8.69. The van der Waals surface area contributed by atoms with Gasteiger partial charge in [0.15, 0.2) is 0 Å². The van der Waals surface area contributed by atoms with Gasteiger partial charge in [0.05, 0.1) is 5.56 Å². The van der Waals surface area contributed by atoms with E-state index in [2.05, 4.69) is 10.3 Å². The summed E-state index contributed by atoms with van der Waals surface area (Å²) in [5, 5.41) is 8.83. The van der Waals surface area contributed by atoms with Gasteiger partial charge in [-0.1, -0.05) is 12.1 Å². The van der Waals surface area contributed by atoms with Gasteiger partial charge in [0, 0.05) is 19.1 Å². The Morgan fingerprint density at radius 3 is 2.78 bits per heavy atom. The highest BCUT2D eigenvalue weighted by Gasteiger charge is 2.18. The van der Waals surface area contributed by atoms with Gasteiger partial charge in [-0.25, -0.2) is 4.79 Å². The second-order valence-corrected chi connectivity index (χ2v) is 4.74. The minimum Gasteiger partial charge on any atom is -0.478 e. The summed E-state index contributed by atoms with van der Waals surface area (Å²) in [5.41, 5.74) is 4.29. The SMILES string of the molecule is NNC1CCCN(Cc2ccc(C(=O)O)cc2)C1. The maximum Gasteiger partial charge on any atom is 0.335 e. The van der Waals surface area contributed by atoms with Crippen LogP contribution < -0.4 is 11.3 Å². The van der Waals surface area contributed by atoms with Crippen LogP contribution in [0.15, 0.2) is 24.3 Å². The molecule has 4 N–H and O–H groups in total. The number of hydrogen-bond donors (Lipinski definition) is 3. The average molecular weight is 249 g/mol. The molecule has 0 saturated carbocycles. The predicted octanol–water partition coefficient (Wildman–Crippen LogP) is 0.812. The van der Waals surface area contributed by atoms with Crippen LogP contribution in [0, 0.1) is 0 Å². The Hall–Kier alpha value is -1.43. The van der Waals surface area contributed by atoms with Crippen molar-refractivity contribution in [3.8, 4) is 0 Å². The molecular formula is C13H19N3O2. The number of nitrogens with two attached hydrogens (primary N) is 1. The normalized spacial score (nSPS) is 20.8. The standard InChI is InChI=1S/C13H19N3O2/c14-15-12-2-1-7-16(9-12)8-10-3-5-11(6-4-10)13(17)18/h3-6,12,15H,1-2,7-9,14H2,(H,17,18). The van der Waals surface area contributed by atoms with E-state index in [-0.39, 0.29) is 0 Å². The summed E-state index contributed by atoms with van der Waals surface area (Å²) in [4.78, 5) is 13.1. The second kappa shape index (κ2) is 5.95. The number of aromatic carboxylic acids is 1. The largest absolute Gasteiger partial charge is 0.478 e. The quantitative estimate of drug-likeness (QED) is 0.544. The first kappa shape index (κ1) is 13.0. The summed E-state index contributed by atoms with van der Waals surface area (Å²) in [6.07, 6.45) is 2.26. The van der Waals surface area contributed by atoms with Crippen LogP contribution in [0.25, 0.3) is 0 Å². The fourth-order valence-corrected chi connectivity index (χ4v) is 2.35. The summed E-state index contributed by atoms with van der Waals surface area (Å²) in [7, 11) is 0. The van der Waals surface area contributed by atoms with E-state index in [9.17, 15) is 4.79 Å². The van der Waals surface area contributed by atoms with E-state index in [1.807, 2.05) is 12.1 Å². The highest BCUT2D eigenvalue weighted by atomic mass is 16.4. The highest BCUT2D eigenvalue weighted by Crippen LogP contribution is 2.14. The minimum atomic E-state index is -0.882. The third kappa shape index (κ3) is 3.29. The van der Waals surface area contributed by atoms with Gasteiger partial charge in [0.25, 0.3) is 0 Å². The molecule has 5 nitrogen and oxygen atoms in total. The zero-order valence-corrected chi connectivity index (χ0v) is 10.3. The number of carboxylic acid groups (broad SMARTS) is 1. The van der Waals surface area contributed by atoms with Crippen molar-refractivity contribution in [1.82, 2.24) is 10.3 Å². The summed E-state index contributed by atoms with van der Waals surface area (Å²) in [6.45, 7) is 2.86. The van der Waals surface area contributed by atoms with Crippen molar-refractivity contribution in [2.75, 3.05) is 13.1 Å². The van der Waals surface area contributed by atoms with Crippen molar-refractivity contribution >= 4 is 5.97 Å². The lowest BCUT2D eigenvalue weighted by Gasteiger charge is -2.32. The molecule has 5 heteroatoms. The number of carboxylic acids is 1. The Bertz CT molecular complexity index is 405. The Morgan fingerprint density at radius 1 is 1.44 bits per heavy atom. The predicted molar refractivity (Wildman–Crippen MR) is 69.0 cm³/mol. The lowest BCUT2D eigenvalue weighted by atomic mass is 10.0. The van der Waals surface area contributed by atoms with Crippen LogP contribution in [0.2, 0.25) is 0 Å². The Labute approximate surface area is 107 Å². The van der Waals surface area contributed by atoms with E-state index in [0.29, 0.717) is 11.6 Å². The lowest BCUT2D eigenvalue weighted by molar-refractivity contribution is 0.0697. The van der Waals surface area contributed by atoms with Crippen molar-refractivity contribution in [3.05, 3.63) is 35.4 Å².